The van der Waals surface area contributed by atoms with E-state index in [2.05, 4.69) is 29.6 Å². The highest BCUT2D eigenvalue weighted by molar-refractivity contribution is 5.85. The number of hydrogen-bond donors (Lipinski definition) is 6. The van der Waals surface area contributed by atoms with E-state index in [1.807, 2.05) is 18.2 Å². The summed E-state index contributed by atoms with van der Waals surface area (Å²) in [5.74, 6) is 0. The molecule has 0 aliphatic rings. The first-order chi connectivity index (χ1) is 12.0. The van der Waals surface area contributed by atoms with Gasteiger partial charge in [0, 0.05) is 6.54 Å². The van der Waals surface area contributed by atoms with Gasteiger partial charge in [0.05, 0.1) is 12.7 Å². The number of rotatable bonds is 10. The molecule has 0 bridgehead atoms. The second-order valence-electron chi connectivity index (χ2n) is 6.24. The molecule has 2 aromatic rings. The molecule has 0 aromatic heterocycles. The maximum atomic E-state index is 9.82. The molecule has 25 heavy (non-hydrogen) atoms. The fraction of sp³-hybridized carbons (Fsp3) is 0.474. The Balaban J connectivity index is 1.74. The van der Waals surface area contributed by atoms with Crippen molar-refractivity contribution in [3.8, 4) is 0 Å². The Morgan fingerprint density at radius 3 is 2.28 bits per heavy atom. The van der Waals surface area contributed by atoms with Crippen LogP contribution in [0.1, 0.15) is 12.0 Å². The minimum atomic E-state index is -1.59. The lowest BCUT2D eigenvalue weighted by Gasteiger charge is -2.25. The predicted molar refractivity (Wildman–Crippen MR) is 96.3 cm³/mol. The van der Waals surface area contributed by atoms with E-state index in [1.54, 1.807) is 0 Å². The van der Waals surface area contributed by atoms with Gasteiger partial charge in [-0.15, -0.1) is 0 Å². The van der Waals surface area contributed by atoms with Crippen LogP contribution in [0.15, 0.2) is 42.5 Å². The molecule has 0 amide bonds. The van der Waals surface area contributed by atoms with E-state index in [9.17, 15) is 20.4 Å². The summed E-state index contributed by atoms with van der Waals surface area (Å²) in [5.41, 5.74) is 1.27. The summed E-state index contributed by atoms with van der Waals surface area (Å²) in [6, 6.07) is 14.5. The highest BCUT2D eigenvalue weighted by Crippen LogP contribution is 2.19. The van der Waals surface area contributed by atoms with Crippen LogP contribution in [0.2, 0.25) is 0 Å². The monoisotopic (exact) mass is 349 g/mol. The van der Waals surface area contributed by atoms with Gasteiger partial charge in [0.2, 0.25) is 0 Å². The average Bonchev–Trinajstić information content (AvgIpc) is 2.65. The second kappa shape index (κ2) is 9.82. The number of aliphatic hydroxyl groups excluding tert-OH is 5. The van der Waals surface area contributed by atoms with Gasteiger partial charge in [-0.1, -0.05) is 42.5 Å². The van der Waals surface area contributed by atoms with Crippen molar-refractivity contribution < 1.29 is 25.5 Å². The Bertz CT molecular complexity index is 645. The van der Waals surface area contributed by atoms with Crippen LogP contribution >= 0.6 is 0 Å². The SMILES string of the molecule is OCC(O)C(O)C(O)C(O)CNCCCc1cccc2ccccc12. The summed E-state index contributed by atoms with van der Waals surface area (Å²) in [4.78, 5) is 0. The molecular weight excluding hydrogens is 322 g/mol. The smallest absolute Gasteiger partial charge is 0.111 e. The van der Waals surface area contributed by atoms with Gasteiger partial charge < -0.3 is 30.8 Å². The molecule has 4 unspecified atom stereocenters. The molecular formula is C19H27NO5. The predicted octanol–water partition coefficient (Wildman–Crippen LogP) is -0.202. The summed E-state index contributed by atoms with van der Waals surface area (Å²) >= 11 is 0. The second-order valence-corrected chi connectivity index (χ2v) is 6.24. The highest BCUT2D eigenvalue weighted by atomic mass is 16.4. The van der Waals surface area contributed by atoms with Gasteiger partial charge in [0.1, 0.15) is 18.3 Å². The molecule has 4 atom stereocenters. The van der Waals surface area contributed by atoms with E-state index in [1.165, 1.54) is 16.3 Å². The average molecular weight is 349 g/mol. The molecule has 6 heteroatoms. The lowest BCUT2D eigenvalue weighted by Crippen LogP contribution is -2.49. The molecule has 2 rings (SSSR count). The fourth-order valence-electron chi connectivity index (χ4n) is 2.85. The molecule has 0 heterocycles. The van der Waals surface area contributed by atoms with Crippen LogP contribution in [0, 0.1) is 0 Å². The van der Waals surface area contributed by atoms with Crippen LogP contribution in [0.5, 0.6) is 0 Å². The maximum absolute atomic E-state index is 9.82. The van der Waals surface area contributed by atoms with Crippen molar-refractivity contribution in [1.29, 1.82) is 0 Å². The zero-order chi connectivity index (χ0) is 18.2. The molecule has 6 nitrogen and oxygen atoms in total. The van der Waals surface area contributed by atoms with E-state index in [-0.39, 0.29) is 6.54 Å². The van der Waals surface area contributed by atoms with E-state index in [4.69, 9.17) is 5.11 Å². The molecule has 6 N–H and O–H groups in total. The van der Waals surface area contributed by atoms with Crippen molar-refractivity contribution >= 4 is 10.8 Å². The molecule has 0 aliphatic carbocycles. The van der Waals surface area contributed by atoms with Gasteiger partial charge in [-0.25, -0.2) is 0 Å². The summed E-state index contributed by atoms with van der Waals surface area (Å²) < 4.78 is 0. The van der Waals surface area contributed by atoms with Crippen LogP contribution in [0.25, 0.3) is 10.8 Å². The Kier molecular flexibility index (Phi) is 7.77. The molecule has 0 fully saturated rings. The van der Waals surface area contributed by atoms with E-state index in [0.717, 1.165) is 12.8 Å². The van der Waals surface area contributed by atoms with Gasteiger partial charge in [-0.05, 0) is 35.7 Å². The molecule has 2 aromatic carbocycles. The Morgan fingerprint density at radius 2 is 1.52 bits per heavy atom. The third-order valence-electron chi connectivity index (χ3n) is 4.36. The standard InChI is InChI=1S/C19H27NO5/c21-12-17(23)19(25)18(24)16(22)11-20-10-4-8-14-7-3-6-13-5-1-2-9-15(13)14/h1-3,5-7,9,16-25H,4,8,10-12H2. The summed E-state index contributed by atoms with van der Waals surface area (Å²) in [7, 11) is 0. The largest absolute Gasteiger partial charge is 0.394 e. The minimum Gasteiger partial charge on any atom is -0.394 e. The summed E-state index contributed by atoms with van der Waals surface area (Å²) in [5, 5.41) is 52.6. The Labute approximate surface area is 147 Å². The normalized spacial score (nSPS) is 16.5. The number of aliphatic hydroxyl groups is 5. The van der Waals surface area contributed by atoms with Gasteiger partial charge in [0.15, 0.2) is 0 Å². The van der Waals surface area contributed by atoms with E-state index < -0.39 is 31.0 Å². The Hall–Kier alpha value is -1.54. The van der Waals surface area contributed by atoms with Gasteiger partial charge in [-0.3, -0.25) is 0 Å². The van der Waals surface area contributed by atoms with E-state index >= 15 is 0 Å². The molecule has 0 radical (unpaired) electrons. The van der Waals surface area contributed by atoms with E-state index in [0.29, 0.717) is 6.54 Å². The zero-order valence-corrected chi connectivity index (χ0v) is 14.1. The molecule has 0 saturated heterocycles. The van der Waals surface area contributed by atoms with Crippen molar-refractivity contribution in [2.24, 2.45) is 0 Å². The quantitative estimate of drug-likeness (QED) is 0.331. The zero-order valence-electron chi connectivity index (χ0n) is 14.1. The number of hydrogen-bond acceptors (Lipinski definition) is 6. The minimum absolute atomic E-state index is 0.0892. The van der Waals surface area contributed by atoms with Crippen molar-refractivity contribution in [2.75, 3.05) is 19.7 Å². The van der Waals surface area contributed by atoms with Crippen LogP contribution in [0.4, 0.5) is 0 Å². The van der Waals surface area contributed by atoms with Crippen molar-refractivity contribution in [3.05, 3.63) is 48.0 Å². The number of benzene rings is 2. The van der Waals surface area contributed by atoms with Crippen LogP contribution < -0.4 is 5.32 Å². The van der Waals surface area contributed by atoms with Crippen LogP contribution in [-0.4, -0.2) is 69.6 Å². The van der Waals surface area contributed by atoms with Gasteiger partial charge in [-0.2, -0.15) is 0 Å². The summed E-state index contributed by atoms with van der Waals surface area (Å²) in [6.07, 6.45) is -4.06. The number of nitrogens with one attached hydrogen (secondary N) is 1. The molecule has 138 valence electrons. The van der Waals surface area contributed by atoms with Crippen molar-refractivity contribution in [1.82, 2.24) is 5.32 Å². The first-order valence-electron chi connectivity index (χ1n) is 8.55. The van der Waals surface area contributed by atoms with Crippen LogP contribution in [0.3, 0.4) is 0 Å². The fourth-order valence-corrected chi connectivity index (χ4v) is 2.85. The Morgan fingerprint density at radius 1 is 0.840 bits per heavy atom. The maximum Gasteiger partial charge on any atom is 0.111 e. The van der Waals surface area contributed by atoms with Crippen molar-refractivity contribution in [3.63, 3.8) is 0 Å². The van der Waals surface area contributed by atoms with Crippen molar-refractivity contribution in [2.45, 2.75) is 37.3 Å². The third-order valence-corrected chi connectivity index (χ3v) is 4.36. The van der Waals surface area contributed by atoms with Crippen LogP contribution in [-0.2, 0) is 6.42 Å². The molecule has 0 spiro atoms. The number of fused-ring (bicyclic) bond motifs is 1. The first-order valence-corrected chi connectivity index (χ1v) is 8.55. The first kappa shape index (κ1) is 19.8. The number of aryl methyl sites for hydroxylation is 1. The van der Waals surface area contributed by atoms with Gasteiger partial charge >= 0.3 is 0 Å². The molecule has 0 saturated carbocycles. The lowest BCUT2D eigenvalue weighted by atomic mass is 10.0. The lowest BCUT2D eigenvalue weighted by molar-refractivity contribution is -0.113. The topological polar surface area (TPSA) is 113 Å². The summed E-state index contributed by atoms with van der Waals surface area (Å²) in [6.45, 7) is 0.0565. The molecule has 0 aliphatic heterocycles. The van der Waals surface area contributed by atoms with Gasteiger partial charge in [0.25, 0.3) is 0 Å². The highest BCUT2D eigenvalue weighted by Gasteiger charge is 2.29. The third kappa shape index (κ3) is 5.47.